The van der Waals surface area contributed by atoms with Gasteiger partial charge in [0.1, 0.15) is 5.60 Å². The van der Waals surface area contributed by atoms with Gasteiger partial charge in [-0.15, -0.1) is 0 Å². The third kappa shape index (κ3) is 10.3. The number of rotatable bonds is 10. The summed E-state index contributed by atoms with van der Waals surface area (Å²) in [6.45, 7) is 7.23. The fraction of sp³-hybridized carbons (Fsp3) is 0.611. The lowest BCUT2D eigenvalue weighted by atomic mass is 10.2. The molecule has 6 nitrogen and oxygen atoms in total. The number of amides is 1. The minimum atomic E-state index is -0.444. The lowest BCUT2D eigenvalue weighted by Crippen LogP contribution is -2.76. The van der Waals surface area contributed by atoms with Crippen LogP contribution in [0.2, 0.25) is 0 Å². The molecule has 0 atom stereocenters. The van der Waals surface area contributed by atoms with Crippen molar-refractivity contribution in [3.05, 3.63) is 24.3 Å². The van der Waals surface area contributed by atoms with Gasteiger partial charge in [-0.1, -0.05) is 18.6 Å². The molecule has 0 fully saturated rings. The second kappa shape index (κ2) is 11.4. The van der Waals surface area contributed by atoms with Crippen LogP contribution in [-0.4, -0.2) is 43.2 Å². The van der Waals surface area contributed by atoms with Gasteiger partial charge in [0.15, 0.2) is 5.69 Å². The molecule has 1 aromatic carbocycles. The molecule has 7 heteroatoms. The Balaban J connectivity index is 2.17. The van der Waals surface area contributed by atoms with Gasteiger partial charge in [0, 0.05) is 19.2 Å². The number of nitrogens with two attached hydrogens (primary N) is 1. The molecule has 1 amide bonds. The molecule has 1 aromatic rings. The maximum absolute atomic E-state index is 11.5. The van der Waals surface area contributed by atoms with Crippen LogP contribution in [0.15, 0.2) is 29.2 Å². The van der Waals surface area contributed by atoms with E-state index in [1.165, 1.54) is 4.90 Å². The monoisotopic (exact) mass is 370 g/mol. The highest BCUT2D eigenvalue weighted by Gasteiger charge is 2.15. The molecule has 25 heavy (non-hydrogen) atoms. The first-order chi connectivity index (χ1) is 11.8. The van der Waals surface area contributed by atoms with Gasteiger partial charge in [-0.25, -0.2) is 13.9 Å². The lowest BCUT2D eigenvalue weighted by Gasteiger charge is -2.19. The summed E-state index contributed by atoms with van der Waals surface area (Å²) in [5.41, 5.74) is 2.41. The smallest absolute Gasteiger partial charge is 0.407 e. The van der Waals surface area contributed by atoms with Gasteiger partial charge in [0.2, 0.25) is 0 Å². The Morgan fingerprint density at radius 2 is 1.96 bits per heavy atom. The Kier molecular flexibility index (Phi) is 9.89. The van der Waals surface area contributed by atoms with Crippen LogP contribution in [-0.2, 0) is 9.57 Å². The number of ether oxygens (including phenoxy) is 1. The maximum Gasteiger partial charge on any atom is 0.407 e. The van der Waals surface area contributed by atoms with Crippen LogP contribution in [0, 0.1) is 0 Å². The molecule has 142 valence electrons. The number of carbonyl (C=O) groups is 1. The molecule has 3 N–H and O–H groups in total. The summed E-state index contributed by atoms with van der Waals surface area (Å²) in [5.74, 6) is 0. The number of benzene rings is 1. The standard InChI is InChI=1S/C18H31N3O3S/c1-18(2,3)24-17(22)19-13-9-6-10-14-21(4)25-16-12-8-7-11-15(16)20-23-5/h7-8,11-12,20H,6,9-10,13-14H2,1-5H3,(H,19,22)/p+1. The van der Waals surface area contributed by atoms with Crippen molar-refractivity contribution in [2.24, 2.45) is 0 Å². The van der Waals surface area contributed by atoms with E-state index in [9.17, 15) is 4.79 Å². The molecule has 0 unspecified atom stereocenters. The van der Waals surface area contributed by atoms with Crippen molar-refractivity contribution in [1.82, 2.24) is 9.62 Å². The normalized spacial score (nSPS) is 11.6. The second-order valence-corrected chi connectivity index (χ2v) is 8.07. The summed E-state index contributed by atoms with van der Waals surface area (Å²) in [6.07, 6.45) is 2.75. The third-order valence-electron chi connectivity index (χ3n) is 3.24. The van der Waals surface area contributed by atoms with Crippen molar-refractivity contribution in [3.8, 4) is 0 Å². The number of nitrogens with one attached hydrogen (secondary N) is 1. The van der Waals surface area contributed by atoms with Crippen LogP contribution >= 0.6 is 11.9 Å². The quantitative estimate of drug-likeness (QED) is 0.287. The van der Waals surface area contributed by atoms with Crippen molar-refractivity contribution >= 4 is 23.7 Å². The van der Waals surface area contributed by atoms with Gasteiger partial charge in [-0.3, -0.25) is 0 Å². The van der Waals surface area contributed by atoms with Gasteiger partial charge in [-0.05, 0) is 58.7 Å². The van der Waals surface area contributed by atoms with E-state index in [1.54, 1.807) is 24.5 Å². The Morgan fingerprint density at radius 1 is 1.24 bits per heavy atom. The topological polar surface area (TPSA) is 67.4 Å². The van der Waals surface area contributed by atoms with Crippen molar-refractivity contribution in [2.45, 2.75) is 50.5 Å². The Labute approximate surface area is 155 Å². The van der Waals surface area contributed by atoms with E-state index in [1.807, 2.05) is 39.0 Å². The molecule has 0 spiro atoms. The zero-order valence-corrected chi connectivity index (χ0v) is 16.8. The minimum Gasteiger partial charge on any atom is -0.444 e. The van der Waals surface area contributed by atoms with E-state index in [4.69, 9.17) is 9.57 Å². The Hall–Kier alpha value is -1.28. The van der Waals surface area contributed by atoms with Crippen LogP contribution in [0.5, 0.6) is 0 Å². The van der Waals surface area contributed by atoms with Gasteiger partial charge in [0.25, 0.3) is 0 Å². The second-order valence-electron chi connectivity index (χ2n) is 6.82. The maximum atomic E-state index is 11.5. The van der Waals surface area contributed by atoms with Crippen molar-refractivity contribution in [2.75, 3.05) is 27.2 Å². The zero-order valence-electron chi connectivity index (χ0n) is 16.0. The first kappa shape index (κ1) is 21.8. The van der Waals surface area contributed by atoms with Gasteiger partial charge >= 0.3 is 6.09 Å². The zero-order chi connectivity index (χ0) is 18.7. The SMILES string of the molecule is CO[NH2+]c1ccccc1SN(C)CCCCCNC(=O)OC(C)(C)C. The average Bonchev–Trinajstić information content (AvgIpc) is 2.51. The summed E-state index contributed by atoms with van der Waals surface area (Å²) in [5, 5.41) is 2.79. The number of nitrogens with zero attached hydrogens (tertiary/aromatic N) is 1. The first-order valence-corrected chi connectivity index (χ1v) is 9.40. The number of alkyl carbamates (subject to hydrolysis) is 1. The number of quaternary nitrogens is 1. The molecule has 0 saturated heterocycles. The number of carbonyl (C=O) groups excluding carboxylic acids is 1. The average molecular weight is 371 g/mol. The molecular formula is C18H32N3O3S+. The summed E-state index contributed by atoms with van der Waals surface area (Å²) in [7, 11) is 3.75. The van der Waals surface area contributed by atoms with Crippen LogP contribution < -0.4 is 10.8 Å². The van der Waals surface area contributed by atoms with Crippen molar-refractivity contribution < 1.29 is 19.8 Å². The molecule has 0 aliphatic carbocycles. The van der Waals surface area contributed by atoms with Crippen molar-refractivity contribution in [1.29, 1.82) is 0 Å². The molecule has 1 rings (SSSR count). The lowest BCUT2D eigenvalue weighted by molar-refractivity contribution is -0.831. The summed E-state index contributed by atoms with van der Waals surface area (Å²) >= 11 is 1.72. The van der Waals surface area contributed by atoms with E-state index >= 15 is 0 Å². The molecule has 0 saturated carbocycles. The summed E-state index contributed by atoms with van der Waals surface area (Å²) < 4.78 is 7.43. The summed E-state index contributed by atoms with van der Waals surface area (Å²) in [6, 6.07) is 8.18. The highest BCUT2D eigenvalue weighted by atomic mass is 32.2. The highest BCUT2D eigenvalue weighted by Crippen LogP contribution is 2.26. The molecule has 0 aromatic heterocycles. The van der Waals surface area contributed by atoms with Gasteiger partial charge < -0.3 is 10.1 Å². The first-order valence-electron chi connectivity index (χ1n) is 8.63. The molecule has 0 aliphatic heterocycles. The minimum absolute atomic E-state index is 0.342. The molecular weight excluding hydrogens is 338 g/mol. The van der Waals surface area contributed by atoms with E-state index in [0.29, 0.717) is 6.54 Å². The van der Waals surface area contributed by atoms with E-state index in [-0.39, 0.29) is 6.09 Å². The van der Waals surface area contributed by atoms with E-state index < -0.39 is 5.60 Å². The summed E-state index contributed by atoms with van der Waals surface area (Å²) in [4.78, 5) is 17.8. The highest BCUT2D eigenvalue weighted by molar-refractivity contribution is 7.97. The van der Waals surface area contributed by atoms with Crippen molar-refractivity contribution in [3.63, 3.8) is 0 Å². The third-order valence-corrected chi connectivity index (χ3v) is 4.30. The fourth-order valence-electron chi connectivity index (χ4n) is 2.14. The van der Waals surface area contributed by atoms with E-state index in [0.717, 1.165) is 31.5 Å². The molecule has 0 aliphatic rings. The van der Waals surface area contributed by atoms with Crippen LogP contribution in [0.25, 0.3) is 0 Å². The van der Waals surface area contributed by atoms with Gasteiger partial charge in [0.05, 0.1) is 12.0 Å². The number of hydrogen-bond acceptors (Lipinski definition) is 5. The Bertz CT molecular complexity index is 521. The number of hydrogen-bond donors (Lipinski definition) is 2. The van der Waals surface area contributed by atoms with Crippen LogP contribution in [0.1, 0.15) is 40.0 Å². The van der Waals surface area contributed by atoms with E-state index in [2.05, 4.69) is 22.7 Å². The molecule has 0 radical (unpaired) electrons. The Morgan fingerprint density at radius 3 is 2.64 bits per heavy atom. The predicted octanol–water partition coefficient (Wildman–Crippen LogP) is 3.08. The predicted molar refractivity (Wildman–Crippen MR) is 102 cm³/mol. The van der Waals surface area contributed by atoms with Crippen LogP contribution in [0.3, 0.4) is 0 Å². The molecule has 0 heterocycles. The van der Waals surface area contributed by atoms with Crippen LogP contribution in [0.4, 0.5) is 10.5 Å². The largest absolute Gasteiger partial charge is 0.444 e. The number of unbranched alkanes of at least 4 members (excludes halogenated alkanes) is 2. The fourth-order valence-corrected chi connectivity index (χ4v) is 3.06. The molecule has 0 bridgehead atoms. The van der Waals surface area contributed by atoms with Gasteiger partial charge in [-0.2, -0.15) is 5.48 Å².